The van der Waals surface area contributed by atoms with E-state index in [1.807, 2.05) is 0 Å². The maximum atomic E-state index is 12.1. The van der Waals surface area contributed by atoms with Gasteiger partial charge in [-0.25, -0.2) is 4.79 Å². The molecular weight excluding hydrogens is 187 g/mol. The van der Waals surface area contributed by atoms with Gasteiger partial charge in [0.15, 0.2) is 0 Å². The second kappa shape index (κ2) is 4.34. The van der Waals surface area contributed by atoms with Crippen LogP contribution in [-0.2, 0) is 4.74 Å². The van der Waals surface area contributed by atoms with Crippen molar-refractivity contribution in [2.75, 3.05) is 13.7 Å². The van der Waals surface area contributed by atoms with Crippen molar-refractivity contribution in [3.8, 4) is 0 Å². The molecule has 0 fully saturated rings. The van der Waals surface area contributed by atoms with Crippen molar-refractivity contribution in [1.29, 1.82) is 0 Å². The summed E-state index contributed by atoms with van der Waals surface area (Å²) in [5.41, 5.74) is 0. The minimum atomic E-state index is -4.42. The van der Waals surface area contributed by atoms with E-state index in [9.17, 15) is 18.0 Å². The Balaban J connectivity index is 4.25. The molecule has 1 amide bonds. The van der Waals surface area contributed by atoms with Gasteiger partial charge in [0.05, 0.1) is 6.61 Å². The number of hydrogen-bond acceptors (Lipinski definition) is 2. The maximum Gasteiger partial charge on any atom is 0.410 e. The molecular formula is C7H12F3NO2. The third kappa shape index (κ3) is 3.52. The standard InChI is InChI=1S/C7H12F3NO2/c1-4-13-6(12)11(3)5(2)7(8,9)10/h5H,4H2,1-3H3. The van der Waals surface area contributed by atoms with E-state index in [1.165, 1.54) is 6.92 Å². The van der Waals surface area contributed by atoms with Crippen LogP contribution in [0.1, 0.15) is 13.8 Å². The average molecular weight is 199 g/mol. The molecule has 0 aliphatic rings. The first-order valence-electron chi connectivity index (χ1n) is 3.77. The Morgan fingerprint density at radius 1 is 1.54 bits per heavy atom. The SMILES string of the molecule is CCOC(=O)N(C)C(C)C(F)(F)F. The van der Waals surface area contributed by atoms with Gasteiger partial charge in [-0.15, -0.1) is 0 Å². The lowest BCUT2D eigenvalue weighted by molar-refractivity contribution is -0.171. The number of rotatable bonds is 2. The van der Waals surface area contributed by atoms with Gasteiger partial charge in [-0.1, -0.05) is 0 Å². The van der Waals surface area contributed by atoms with Gasteiger partial charge in [0.1, 0.15) is 6.04 Å². The van der Waals surface area contributed by atoms with Crippen molar-refractivity contribution < 1.29 is 22.7 Å². The smallest absolute Gasteiger partial charge is 0.410 e. The van der Waals surface area contributed by atoms with Gasteiger partial charge in [0, 0.05) is 7.05 Å². The Morgan fingerprint density at radius 3 is 2.31 bits per heavy atom. The van der Waals surface area contributed by atoms with Crippen molar-refractivity contribution >= 4 is 6.09 Å². The second-order valence-electron chi connectivity index (χ2n) is 2.53. The Morgan fingerprint density at radius 2 is 2.00 bits per heavy atom. The Kier molecular flexibility index (Phi) is 4.03. The van der Waals surface area contributed by atoms with E-state index in [0.717, 1.165) is 14.0 Å². The van der Waals surface area contributed by atoms with Gasteiger partial charge < -0.3 is 4.74 Å². The molecule has 78 valence electrons. The van der Waals surface area contributed by atoms with E-state index in [0.29, 0.717) is 4.90 Å². The highest BCUT2D eigenvalue weighted by atomic mass is 19.4. The van der Waals surface area contributed by atoms with Crippen molar-refractivity contribution in [2.24, 2.45) is 0 Å². The van der Waals surface area contributed by atoms with Crippen LogP contribution in [0.4, 0.5) is 18.0 Å². The Labute approximate surface area is 74.5 Å². The largest absolute Gasteiger partial charge is 0.450 e. The van der Waals surface area contributed by atoms with Crippen LogP contribution >= 0.6 is 0 Å². The highest BCUT2D eigenvalue weighted by Crippen LogP contribution is 2.23. The predicted molar refractivity (Wildman–Crippen MR) is 40.3 cm³/mol. The zero-order valence-electron chi connectivity index (χ0n) is 7.68. The summed E-state index contributed by atoms with van der Waals surface area (Å²) in [6.45, 7) is 2.49. The molecule has 6 heteroatoms. The second-order valence-corrected chi connectivity index (χ2v) is 2.53. The highest BCUT2D eigenvalue weighted by molar-refractivity contribution is 5.67. The van der Waals surface area contributed by atoms with Crippen LogP contribution in [0.15, 0.2) is 0 Å². The van der Waals surface area contributed by atoms with Crippen molar-refractivity contribution in [3.05, 3.63) is 0 Å². The fourth-order valence-corrected chi connectivity index (χ4v) is 0.603. The van der Waals surface area contributed by atoms with Crippen LogP contribution in [0.25, 0.3) is 0 Å². The lowest BCUT2D eigenvalue weighted by atomic mass is 10.3. The first-order valence-corrected chi connectivity index (χ1v) is 3.77. The van der Waals surface area contributed by atoms with Crippen LogP contribution in [0.2, 0.25) is 0 Å². The number of ether oxygens (including phenoxy) is 1. The van der Waals surface area contributed by atoms with E-state index in [-0.39, 0.29) is 6.61 Å². The first-order chi connectivity index (χ1) is 5.80. The van der Waals surface area contributed by atoms with Gasteiger partial charge in [0.2, 0.25) is 0 Å². The van der Waals surface area contributed by atoms with Gasteiger partial charge in [-0.2, -0.15) is 13.2 Å². The summed E-state index contributed by atoms with van der Waals surface area (Å²) < 4.78 is 40.6. The van der Waals surface area contributed by atoms with E-state index in [4.69, 9.17) is 0 Å². The molecule has 0 bridgehead atoms. The minimum absolute atomic E-state index is 0.0632. The van der Waals surface area contributed by atoms with Crippen LogP contribution < -0.4 is 0 Å². The number of amides is 1. The zero-order valence-corrected chi connectivity index (χ0v) is 7.68. The van der Waals surface area contributed by atoms with Crippen molar-refractivity contribution in [1.82, 2.24) is 4.90 Å². The van der Waals surface area contributed by atoms with Crippen LogP contribution in [0.3, 0.4) is 0 Å². The molecule has 0 aromatic carbocycles. The van der Waals surface area contributed by atoms with Crippen molar-refractivity contribution in [3.63, 3.8) is 0 Å². The number of carbonyl (C=O) groups is 1. The Hall–Kier alpha value is -0.940. The molecule has 0 aliphatic carbocycles. The van der Waals surface area contributed by atoms with Gasteiger partial charge in [0.25, 0.3) is 0 Å². The molecule has 0 spiro atoms. The van der Waals surface area contributed by atoms with E-state index >= 15 is 0 Å². The highest BCUT2D eigenvalue weighted by Gasteiger charge is 2.40. The van der Waals surface area contributed by atoms with Crippen molar-refractivity contribution in [2.45, 2.75) is 26.1 Å². The molecule has 13 heavy (non-hydrogen) atoms. The number of hydrogen-bond donors (Lipinski definition) is 0. The summed E-state index contributed by atoms with van der Waals surface area (Å²) in [6, 6.07) is -1.83. The minimum Gasteiger partial charge on any atom is -0.450 e. The molecule has 0 rings (SSSR count). The Bertz CT molecular complexity index is 181. The van der Waals surface area contributed by atoms with E-state index in [1.54, 1.807) is 0 Å². The summed E-state index contributed by atoms with van der Waals surface area (Å²) in [5, 5.41) is 0. The topological polar surface area (TPSA) is 29.5 Å². The zero-order chi connectivity index (χ0) is 10.6. The summed E-state index contributed by atoms with van der Waals surface area (Å²) in [4.78, 5) is 11.4. The van der Waals surface area contributed by atoms with Gasteiger partial charge in [-0.3, -0.25) is 4.90 Å². The molecule has 1 unspecified atom stereocenters. The first kappa shape index (κ1) is 12.1. The molecule has 0 aromatic rings. The predicted octanol–water partition coefficient (Wildman–Crippen LogP) is 2.03. The number of nitrogens with zero attached hydrogens (tertiary/aromatic N) is 1. The molecule has 0 saturated heterocycles. The average Bonchev–Trinajstić information content (AvgIpc) is 2.00. The van der Waals surface area contributed by atoms with Gasteiger partial charge in [-0.05, 0) is 13.8 Å². The van der Waals surface area contributed by atoms with Crippen LogP contribution in [0.5, 0.6) is 0 Å². The summed E-state index contributed by atoms with van der Waals surface area (Å²) in [5.74, 6) is 0. The van der Waals surface area contributed by atoms with Gasteiger partial charge >= 0.3 is 12.3 Å². The molecule has 0 heterocycles. The number of alkyl halides is 3. The molecule has 0 N–H and O–H groups in total. The maximum absolute atomic E-state index is 12.1. The third-order valence-corrected chi connectivity index (χ3v) is 1.61. The quantitative estimate of drug-likeness (QED) is 0.680. The molecule has 1 atom stereocenters. The normalized spacial score (nSPS) is 13.7. The number of carbonyl (C=O) groups excluding carboxylic acids is 1. The molecule has 0 aromatic heterocycles. The van der Waals surface area contributed by atoms with Crippen LogP contribution in [0, 0.1) is 0 Å². The van der Waals surface area contributed by atoms with E-state index < -0.39 is 18.3 Å². The third-order valence-electron chi connectivity index (χ3n) is 1.61. The fourth-order valence-electron chi connectivity index (χ4n) is 0.603. The summed E-state index contributed by atoms with van der Waals surface area (Å²) in [6.07, 6.45) is -5.38. The fraction of sp³-hybridized carbons (Fsp3) is 0.857. The monoisotopic (exact) mass is 199 g/mol. The molecule has 0 radical (unpaired) electrons. The molecule has 0 saturated carbocycles. The summed E-state index contributed by atoms with van der Waals surface area (Å²) in [7, 11) is 1.05. The number of halogens is 3. The lowest BCUT2D eigenvalue weighted by Gasteiger charge is -2.25. The summed E-state index contributed by atoms with van der Waals surface area (Å²) >= 11 is 0. The van der Waals surface area contributed by atoms with E-state index in [2.05, 4.69) is 4.74 Å². The lowest BCUT2D eigenvalue weighted by Crippen LogP contribution is -2.44. The van der Waals surface area contributed by atoms with Crippen LogP contribution in [-0.4, -0.2) is 36.9 Å². The molecule has 0 aliphatic heterocycles. The molecule has 3 nitrogen and oxygen atoms in total.